The summed E-state index contributed by atoms with van der Waals surface area (Å²) in [5.41, 5.74) is 6.26. The highest BCUT2D eigenvalue weighted by molar-refractivity contribution is 6.31. The van der Waals surface area contributed by atoms with E-state index in [0.717, 1.165) is 22.3 Å². The molecule has 2 aliphatic carbocycles. The molecular formula is C21H20O. The highest BCUT2D eigenvalue weighted by Crippen LogP contribution is 2.45. The summed E-state index contributed by atoms with van der Waals surface area (Å²) in [7, 11) is 0. The van der Waals surface area contributed by atoms with E-state index in [-0.39, 0.29) is 5.78 Å². The number of hydrogen-bond donors (Lipinski definition) is 0. The van der Waals surface area contributed by atoms with E-state index in [2.05, 4.69) is 31.2 Å². The Morgan fingerprint density at radius 2 is 1.45 bits per heavy atom. The lowest BCUT2D eigenvalue weighted by atomic mass is 9.94. The van der Waals surface area contributed by atoms with E-state index in [4.69, 9.17) is 0 Å². The zero-order valence-electron chi connectivity index (χ0n) is 13.3. The standard InChI is InChI=1S/C19H14O.C2H6/c1-12-6-8-13(9-7-12)18-11-14-10-17(14)15-4-2-3-5-16(15)19(18)20;1-2/h2-11,14H,1H3;1-2H3. The van der Waals surface area contributed by atoms with Gasteiger partial charge in [-0.1, -0.05) is 80.1 Å². The van der Waals surface area contributed by atoms with Crippen LogP contribution in [0.15, 0.2) is 60.7 Å². The van der Waals surface area contributed by atoms with E-state index in [1.807, 2.05) is 50.2 Å². The number of Topliss-reactive ketones (excluding diaryl/α,β-unsaturated/α-hetero) is 1. The first-order valence-corrected chi connectivity index (χ1v) is 7.89. The van der Waals surface area contributed by atoms with E-state index in [1.165, 1.54) is 11.1 Å². The first kappa shape index (κ1) is 14.5. The molecule has 0 bridgehead atoms. The fourth-order valence-corrected chi connectivity index (χ4v) is 2.85. The van der Waals surface area contributed by atoms with Crippen molar-refractivity contribution in [3.63, 3.8) is 0 Å². The zero-order chi connectivity index (χ0) is 15.7. The van der Waals surface area contributed by atoms with Crippen LogP contribution < -0.4 is 0 Å². The van der Waals surface area contributed by atoms with Gasteiger partial charge in [0, 0.05) is 17.1 Å². The second-order valence-electron chi connectivity index (χ2n) is 5.47. The quantitative estimate of drug-likeness (QED) is 0.694. The van der Waals surface area contributed by atoms with Crippen molar-refractivity contribution in [1.29, 1.82) is 0 Å². The molecule has 0 saturated heterocycles. The number of aryl methyl sites for hydroxylation is 1. The van der Waals surface area contributed by atoms with Crippen LogP contribution in [-0.4, -0.2) is 5.78 Å². The summed E-state index contributed by atoms with van der Waals surface area (Å²) >= 11 is 0. The Morgan fingerprint density at radius 3 is 2.14 bits per heavy atom. The number of benzene rings is 2. The first-order valence-electron chi connectivity index (χ1n) is 7.89. The molecule has 110 valence electrons. The van der Waals surface area contributed by atoms with Crippen LogP contribution >= 0.6 is 0 Å². The maximum atomic E-state index is 12.8. The number of fused-ring (bicyclic) bond motifs is 3. The largest absolute Gasteiger partial charge is 0.289 e. The summed E-state index contributed by atoms with van der Waals surface area (Å²) < 4.78 is 0. The Bertz CT molecular complexity index is 776. The van der Waals surface area contributed by atoms with Crippen molar-refractivity contribution in [1.82, 2.24) is 0 Å². The number of ketones is 1. The third kappa shape index (κ3) is 2.43. The average molecular weight is 288 g/mol. The second kappa shape index (κ2) is 5.76. The van der Waals surface area contributed by atoms with E-state index in [1.54, 1.807) is 0 Å². The van der Waals surface area contributed by atoms with Crippen LogP contribution in [0.5, 0.6) is 0 Å². The molecule has 0 heterocycles. The topological polar surface area (TPSA) is 17.1 Å². The van der Waals surface area contributed by atoms with Crippen LogP contribution in [0.4, 0.5) is 0 Å². The molecule has 2 aromatic carbocycles. The smallest absolute Gasteiger partial charge is 0.193 e. The molecule has 1 heteroatoms. The Kier molecular flexibility index (Phi) is 3.81. The van der Waals surface area contributed by atoms with Gasteiger partial charge in [-0.15, -0.1) is 0 Å². The van der Waals surface area contributed by atoms with Crippen molar-refractivity contribution in [3.8, 4) is 0 Å². The molecule has 1 nitrogen and oxygen atoms in total. The van der Waals surface area contributed by atoms with Crippen molar-refractivity contribution in [2.45, 2.75) is 20.8 Å². The molecule has 0 amide bonds. The van der Waals surface area contributed by atoms with Gasteiger partial charge in [-0.05, 0) is 23.6 Å². The van der Waals surface area contributed by atoms with Crippen LogP contribution in [0, 0.1) is 12.8 Å². The fraction of sp³-hybridized carbons (Fsp3) is 0.190. The Balaban J connectivity index is 0.000000693. The second-order valence-corrected chi connectivity index (χ2v) is 5.47. The molecule has 0 aromatic heterocycles. The van der Waals surface area contributed by atoms with Gasteiger partial charge in [0.2, 0.25) is 0 Å². The minimum Gasteiger partial charge on any atom is -0.289 e. The normalized spacial score (nSPS) is 18.0. The van der Waals surface area contributed by atoms with Gasteiger partial charge in [0.1, 0.15) is 0 Å². The number of hydrogen-bond acceptors (Lipinski definition) is 1. The summed E-state index contributed by atoms with van der Waals surface area (Å²) in [5, 5.41) is 0. The molecule has 0 aliphatic heterocycles. The van der Waals surface area contributed by atoms with Crippen molar-refractivity contribution < 1.29 is 4.79 Å². The van der Waals surface area contributed by atoms with Crippen LogP contribution in [0.3, 0.4) is 0 Å². The van der Waals surface area contributed by atoms with Gasteiger partial charge >= 0.3 is 0 Å². The van der Waals surface area contributed by atoms with Gasteiger partial charge in [-0.3, -0.25) is 4.79 Å². The molecule has 4 rings (SSSR count). The summed E-state index contributed by atoms with van der Waals surface area (Å²) in [4.78, 5) is 12.8. The molecule has 1 unspecified atom stereocenters. The monoisotopic (exact) mass is 288 g/mol. The molecule has 1 atom stereocenters. The van der Waals surface area contributed by atoms with E-state index < -0.39 is 0 Å². The predicted molar refractivity (Wildman–Crippen MR) is 92.7 cm³/mol. The van der Waals surface area contributed by atoms with Crippen molar-refractivity contribution >= 4 is 16.9 Å². The summed E-state index contributed by atoms with van der Waals surface area (Å²) in [6, 6.07) is 16.1. The van der Waals surface area contributed by atoms with Crippen LogP contribution in [0.2, 0.25) is 0 Å². The Hall–Kier alpha value is -2.41. The molecule has 2 aromatic rings. The third-order valence-electron chi connectivity index (χ3n) is 4.05. The molecule has 22 heavy (non-hydrogen) atoms. The number of carbonyl (C=O) groups excluding carboxylic acids is 1. The van der Waals surface area contributed by atoms with E-state index >= 15 is 0 Å². The predicted octanol–water partition coefficient (Wildman–Crippen LogP) is 5.31. The van der Waals surface area contributed by atoms with Crippen molar-refractivity contribution in [3.05, 3.63) is 82.9 Å². The third-order valence-corrected chi connectivity index (χ3v) is 4.05. The lowest BCUT2D eigenvalue weighted by molar-refractivity contribution is 0.105. The Labute approximate surface area is 132 Å². The van der Waals surface area contributed by atoms with Crippen LogP contribution in [-0.2, 0) is 0 Å². The molecule has 2 aliphatic rings. The van der Waals surface area contributed by atoms with Crippen molar-refractivity contribution in [2.24, 2.45) is 5.92 Å². The van der Waals surface area contributed by atoms with Gasteiger partial charge in [-0.2, -0.15) is 0 Å². The van der Waals surface area contributed by atoms with Gasteiger partial charge in [-0.25, -0.2) is 0 Å². The van der Waals surface area contributed by atoms with Gasteiger partial charge in [0.15, 0.2) is 5.78 Å². The van der Waals surface area contributed by atoms with Gasteiger partial charge < -0.3 is 0 Å². The van der Waals surface area contributed by atoms with Gasteiger partial charge in [0.25, 0.3) is 0 Å². The maximum absolute atomic E-state index is 12.8. The molecule has 0 radical (unpaired) electrons. The molecule has 0 spiro atoms. The minimum atomic E-state index is 0.137. The molecular weight excluding hydrogens is 268 g/mol. The number of rotatable bonds is 1. The lowest BCUT2D eigenvalue weighted by Crippen LogP contribution is -2.04. The zero-order valence-corrected chi connectivity index (χ0v) is 13.3. The molecule has 0 fully saturated rings. The average Bonchev–Trinajstić information content (AvgIpc) is 3.34. The molecule has 0 N–H and O–H groups in total. The fourth-order valence-electron chi connectivity index (χ4n) is 2.85. The summed E-state index contributed by atoms with van der Waals surface area (Å²) in [5.74, 6) is 0.469. The maximum Gasteiger partial charge on any atom is 0.193 e. The van der Waals surface area contributed by atoms with Crippen LogP contribution in [0.25, 0.3) is 11.1 Å². The minimum absolute atomic E-state index is 0.137. The highest BCUT2D eigenvalue weighted by atomic mass is 16.1. The molecule has 0 saturated carbocycles. The summed E-state index contributed by atoms with van der Waals surface area (Å²) in [6.07, 6.45) is 4.32. The van der Waals surface area contributed by atoms with Crippen molar-refractivity contribution in [2.75, 3.05) is 0 Å². The number of carbonyl (C=O) groups is 1. The van der Waals surface area contributed by atoms with Gasteiger partial charge in [0.05, 0.1) is 0 Å². The van der Waals surface area contributed by atoms with Crippen LogP contribution in [0.1, 0.15) is 40.9 Å². The SMILES string of the molecule is CC.Cc1ccc(C2=CC3C=C3c3ccccc3C2=O)cc1. The lowest BCUT2D eigenvalue weighted by Gasteiger charge is -2.08. The Morgan fingerprint density at radius 1 is 0.818 bits per heavy atom. The highest BCUT2D eigenvalue weighted by Gasteiger charge is 2.33. The van der Waals surface area contributed by atoms with E-state index in [9.17, 15) is 4.79 Å². The summed E-state index contributed by atoms with van der Waals surface area (Å²) in [6.45, 7) is 6.06. The first-order chi connectivity index (χ1) is 10.7. The number of allylic oxidation sites excluding steroid dienone is 4. The van der Waals surface area contributed by atoms with E-state index in [0.29, 0.717) is 5.92 Å².